The smallest absolute Gasteiger partial charge is 0.406 e. The van der Waals surface area contributed by atoms with Gasteiger partial charge in [0.05, 0.1) is 11.8 Å². The standard InChI is InChI=1S/C22H24F3N3O3/c1-3-26-20-12-15(21(30)28-11-10-17(29)13-28)4-9-19(20)14(2)27-16-5-7-18(8-6-16)31-22(23,24)25/h4-9,12,17,26,29H,3,10-11,13H2,1-2H3. The third-order valence-corrected chi connectivity index (χ3v) is 4.84. The molecule has 1 atom stereocenters. The molecule has 1 unspecified atom stereocenters. The number of halogens is 3. The fourth-order valence-corrected chi connectivity index (χ4v) is 3.41. The Morgan fingerprint density at radius 1 is 1.26 bits per heavy atom. The van der Waals surface area contributed by atoms with E-state index in [-0.39, 0.29) is 11.7 Å². The number of β-amino-alcohol motifs (C(OH)–C–C–N with tert-alkyl or cyclic N) is 1. The maximum absolute atomic E-state index is 12.7. The van der Waals surface area contributed by atoms with Crippen molar-refractivity contribution in [2.45, 2.75) is 32.7 Å². The van der Waals surface area contributed by atoms with Crippen molar-refractivity contribution in [1.82, 2.24) is 4.90 Å². The molecule has 6 nitrogen and oxygen atoms in total. The number of hydrogen-bond acceptors (Lipinski definition) is 5. The summed E-state index contributed by atoms with van der Waals surface area (Å²) in [7, 11) is 0. The van der Waals surface area contributed by atoms with Gasteiger partial charge in [0.2, 0.25) is 0 Å². The van der Waals surface area contributed by atoms with Gasteiger partial charge in [-0.25, -0.2) is 0 Å². The van der Waals surface area contributed by atoms with Crippen molar-refractivity contribution in [3.63, 3.8) is 0 Å². The van der Waals surface area contributed by atoms with Crippen LogP contribution in [0, 0.1) is 0 Å². The minimum atomic E-state index is -4.74. The topological polar surface area (TPSA) is 74.2 Å². The fourth-order valence-electron chi connectivity index (χ4n) is 3.41. The normalized spacial score (nSPS) is 17.0. The lowest BCUT2D eigenvalue weighted by atomic mass is 10.0. The van der Waals surface area contributed by atoms with Crippen LogP contribution in [0.5, 0.6) is 5.75 Å². The number of nitrogens with one attached hydrogen (secondary N) is 1. The van der Waals surface area contributed by atoms with Crippen molar-refractivity contribution in [3.05, 3.63) is 53.6 Å². The molecule has 0 saturated carbocycles. The zero-order valence-corrected chi connectivity index (χ0v) is 17.2. The molecule has 2 aromatic rings. The molecule has 1 aliphatic rings. The summed E-state index contributed by atoms with van der Waals surface area (Å²) in [6.07, 6.45) is -4.66. The second-order valence-electron chi connectivity index (χ2n) is 7.22. The van der Waals surface area contributed by atoms with Gasteiger partial charge < -0.3 is 20.1 Å². The van der Waals surface area contributed by atoms with Gasteiger partial charge in [0.25, 0.3) is 5.91 Å². The summed E-state index contributed by atoms with van der Waals surface area (Å²) in [5, 5.41) is 12.9. The summed E-state index contributed by atoms with van der Waals surface area (Å²) in [4.78, 5) is 18.8. The second kappa shape index (κ2) is 9.38. The molecule has 1 amide bonds. The Kier molecular flexibility index (Phi) is 6.84. The Labute approximate surface area is 178 Å². The van der Waals surface area contributed by atoms with E-state index in [1.54, 1.807) is 30.0 Å². The van der Waals surface area contributed by atoms with Crippen LogP contribution >= 0.6 is 0 Å². The molecule has 0 aromatic heterocycles. The van der Waals surface area contributed by atoms with Gasteiger partial charge in [0, 0.05) is 42.2 Å². The van der Waals surface area contributed by atoms with E-state index >= 15 is 0 Å². The molecular weight excluding hydrogens is 411 g/mol. The minimum absolute atomic E-state index is 0.142. The van der Waals surface area contributed by atoms with E-state index in [9.17, 15) is 23.1 Å². The van der Waals surface area contributed by atoms with Crippen molar-refractivity contribution >= 4 is 23.0 Å². The molecular formula is C22H24F3N3O3. The highest BCUT2D eigenvalue weighted by atomic mass is 19.4. The number of hydrogen-bond donors (Lipinski definition) is 2. The van der Waals surface area contributed by atoms with Gasteiger partial charge in [-0.1, -0.05) is 6.07 Å². The van der Waals surface area contributed by atoms with Crippen molar-refractivity contribution in [1.29, 1.82) is 0 Å². The first-order valence-electron chi connectivity index (χ1n) is 9.93. The van der Waals surface area contributed by atoms with Crippen molar-refractivity contribution < 1.29 is 27.8 Å². The van der Waals surface area contributed by atoms with Crippen LogP contribution in [0.15, 0.2) is 47.5 Å². The van der Waals surface area contributed by atoms with Crippen LogP contribution in [0.3, 0.4) is 0 Å². The number of aliphatic hydroxyl groups excluding tert-OH is 1. The highest BCUT2D eigenvalue weighted by Crippen LogP contribution is 2.27. The van der Waals surface area contributed by atoms with Gasteiger partial charge in [0.1, 0.15) is 5.75 Å². The molecule has 1 aliphatic heterocycles. The molecule has 3 rings (SSSR count). The summed E-state index contributed by atoms with van der Waals surface area (Å²) >= 11 is 0. The summed E-state index contributed by atoms with van der Waals surface area (Å²) in [5.74, 6) is -0.454. The first-order chi connectivity index (χ1) is 14.7. The number of ether oxygens (including phenoxy) is 1. The van der Waals surface area contributed by atoms with E-state index in [4.69, 9.17) is 0 Å². The van der Waals surface area contributed by atoms with Gasteiger partial charge in [-0.2, -0.15) is 0 Å². The number of carbonyl (C=O) groups excluding carboxylic acids is 1. The number of nitrogens with zero attached hydrogens (tertiary/aromatic N) is 2. The number of rotatable bonds is 6. The third-order valence-electron chi connectivity index (χ3n) is 4.84. The lowest BCUT2D eigenvalue weighted by Crippen LogP contribution is -2.29. The third kappa shape index (κ3) is 5.97. The number of carbonyl (C=O) groups is 1. The molecule has 1 fully saturated rings. The van der Waals surface area contributed by atoms with Crippen LogP contribution in [0.1, 0.15) is 36.2 Å². The van der Waals surface area contributed by atoms with Gasteiger partial charge in [-0.15, -0.1) is 13.2 Å². The van der Waals surface area contributed by atoms with Crippen LogP contribution in [-0.4, -0.2) is 53.7 Å². The van der Waals surface area contributed by atoms with E-state index in [0.29, 0.717) is 43.0 Å². The monoisotopic (exact) mass is 435 g/mol. The zero-order chi connectivity index (χ0) is 22.6. The van der Waals surface area contributed by atoms with Crippen LogP contribution in [0.2, 0.25) is 0 Å². The quantitative estimate of drug-likeness (QED) is 0.661. The molecule has 0 spiro atoms. The highest BCUT2D eigenvalue weighted by Gasteiger charge is 2.31. The highest BCUT2D eigenvalue weighted by molar-refractivity contribution is 6.06. The largest absolute Gasteiger partial charge is 0.573 e. The molecule has 9 heteroatoms. The van der Waals surface area contributed by atoms with Gasteiger partial charge in [0.15, 0.2) is 0 Å². The molecule has 31 heavy (non-hydrogen) atoms. The van der Waals surface area contributed by atoms with E-state index in [1.165, 1.54) is 24.3 Å². The lowest BCUT2D eigenvalue weighted by molar-refractivity contribution is -0.274. The van der Waals surface area contributed by atoms with E-state index in [1.807, 2.05) is 6.92 Å². The molecule has 0 bridgehead atoms. The number of likely N-dealkylation sites (tertiary alicyclic amines) is 1. The van der Waals surface area contributed by atoms with Gasteiger partial charge in [-0.3, -0.25) is 9.79 Å². The summed E-state index contributed by atoms with van der Waals surface area (Å²) in [6.45, 7) is 5.19. The van der Waals surface area contributed by atoms with Crippen molar-refractivity contribution in [2.75, 3.05) is 25.0 Å². The molecule has 0 aliphatic carbocycles. The van der Waals surface area contributed by atoms with Crippen LogP contribution in [0.4, 0.5) is 24.5 Å². The van der Waals surface area contributed by atoms with E-state index in [0.717, 1.165) is 11.3 Å². The van der Waals surface area contributed by atoms with Crippen LogP contribution in [0.25, 0.3) is 0 Å². The van der Waals surface area contributed by atoms with Crippen molar-refractivity contribution in [2.24, 2.45) is 4.99 Å². The molecule has 1 saturated heterocycles. The Bertz CT molecular complexity index is 959. The zero-order valence-electron chi connectivity index (χ0n) is 17.2. The first-order valence-corrected chi connectivity index (χ1v) is 9.93. The molecule has 166 valence electrons. The minimum Gasteiger partial charge on any atom is -0.406 e. The van der Waals surface area contributed by atoms with Crippen LogP contribution in [-0.2, 0) is 0 Å². The van der Waals surface area contributed by atoms with Crippen molar-refractivity contribution in [3.8, 4) is 5.75 Å². The average Bonchev–Trinajstić information content (AvgIpc) is 3.14. The van der Waals surface area contributed by atoms with Gasteiger partial charge >= 0.3 is 6.36 Å². The Morgan fingerprint density at radius 3 is 2.55 bits per heavy atom. The predicted octanol–water partition coefficient (Wildman–Crippen LogP) is 4.36. The summed E-state index contributed by atoms with van der Waals surface area (Å²) < 4.78 is 40.8. The number of aliphatic imine (C=N–C) groups is 1. The Balaban J connectivity index is 1.82. The molecule has 2 aromatic carbocycles. The molecule has 0 radical (unpaired) electrons. The maximum Gasteiger partial charge on any atom is 0.573 e. The SMILES string of the molecule is CCNc1cc(C(=O)N2CCC(O)C2)ccc1C(C)=Nc1ccc(OC(F)(F)F)cc1. The predicted molar refractivity (Wildman–Crippen MR) is 112 cm³/mol. The first kappa shape index (κ1) is 22.6. The number of amides is 1. The number of alkyl halides is 3. The fraction of sp³-hybridized carbons (Fsp3) is 0.364. The van der Waals surface area contributed by atoms with E-state index in [2.05, 4.69) is 15.0 Å². The van der Waals surface area contributed by atoms with E-state index < -0.39 is 12.5 Å². The number of anilines is 1. The average molecular weight is 435 g/mol. The maximum atomic E-state index is 12.7. The lowest BCUT2D eigenvalue weighted by Gasteiger charge is -2.18. The van der Waals surface area contributed by atoms with Crippen LogP contribution < -0.4 is 10.1 Å². The summed E-state index contributed by atoms with van der Waals surface area (Å²) in [6, 6.07) is 10.5. The number of aliphatic hydroxyl groups is 1. The Hall–Kier alpha value is -3.07. The molecule has 1 heterocycles. The summed E-state index contributed by atoms with van der Waals surface area (Å²) in [5.41, 5.74) is 3.12. The molecule has 2 N–H and O–H groups in total. The van der Waals surface area contributed by atoms with Gasteiger partial charge in [-0.05, 0) is 56.7 Å². The Morgan fingerprint density at radius 2 is 1.97 bits per heavy atom. The second-order valence-corrected chi connectivity index (χ2v) is 7.22. The number of benzene rings is 2.